The second kappa shape index (κ2) is 45.1. The molecule has 12 amide bonds. The van der Waals surface area contributed by atoms with Gasteiger partial charge in [0, 0.05) is 54.1 Å². The molecule has 0 heterocycles. The summed E-state index contributed by atoms with van der Waals surface area (Å²) in [4.78, 5) is 202. The van der Waals surface area contributed by atoms with Crippen LogP contribution in [0.4, 0.5) is 4.79 Å². The van der Waals surface area contributed by atoms with Crippen LogP contribution in [0.1, 0.15) is 191 Å². The number of ketones is 1. The summed E-state index contributed by atoms with van der Waals surface area (Å²) in [7, 11) is 7.82. The third kappa shape index (κ3) is 31.9. The lowest BCUT2D eigenvalue weighted by Gasteiger charge is -2.40. The maximum atomic E-state index is 15.0. The van der Waals surface area contributed by atoms with E-state index in [9.17, 15) is 87.5 Å². The van der Waals surface area contributed by atoms with Crippen LogP contribution >= 0.6 is 0 Å². The van der Waals surface area contributed by atoms with Crippen molar-refractivity contribution in [2.75, 3.05) is 55.4 Å². The lowest BCUT2D eigenvalue weighted by molar-refractivity contribution is -0.155. The van der Waals surface area contributed by atoms with Crippen LogP contribution < -0.4 is 31.9 Å². The average molecular weight is 1510 g/mol. The van der Waals surface area contributed by atoms with Gasteiger partial charge in [0.25, 0.3) is 0 Å². The van der Waals surface area contributed by atoms with E-state index < -0.39 is 204 Å². The SMILES string of the molecule is C/C=C/C[C@@H](C)[C@@H](O)[C@@H](C(=O)N[C@H](C(=O)N(C)CC(=O)O)[C@@H](C)O)N(C)C(=O)[C@H](C(C)C)N(C)C(=O)[C@H](CC(C)C)NC(=O)[C@H](CC(C)C)N(C)C(=O)[C@@H](C)NC(=O)[C@H](C)NC(=O)[C@@H](CC(C)C)C(C)C(=O)[C@H](CC(C)C)NC(=O)[C@H](CC(C)C)N(C)C(=O)CN(C)C(=O)[C@@H](NC(=O)OC(C)(C)C)[C@@H](C)O. The van der Waals surface area contributed by atoms with Crippen molar-refractivity contribution in [1.29, 1.82) is 0 Å². The fourth-order valence-electron chi connectivity index (χ4n) is 12.3. The number of carboxylic acids is 1. The molecule has 0 saturated heterocycles. The predicted molar refractivity (Wildman–Crippen MR) is 401 cm³/mol. The highest BCUT2D eigenvalue weighted by Gasteiger charge is 2.46. The van der Waals surface area contributed by atoms with Gasteiger partial charge in [-0.1, -0.05) is 109 Å². The second-order valence-electron chi connectivity index (χ2n) is 32.2. The largest absolute Gasteiger partial charge is 0.480 e. The number of aliphatic carboxylic acids is 1. The molecule has 31 heteroatoms. The third-order valence-corrected chi connectivity index (χ3v) is 18.3. The number of Topliss-reactive ketones (excluding diaryl/α,β-unsaturated/α-hetero) is 1. The lowest BCUT2D eigenvalue weighted by Crippen LogP contribution is -2.64. The van der Waals surface area contributed by atoms with Crippen molar-refractivity contribution in [3.8, 4) is 0 Å². The quantitative estimate of drug-likeness (QED) is 0.0392. The molecule has 1 unspecified atom stereocenters. The van der Waals surface area contributed by atoms with Crippen LogP contribution in [0.3, 0.4) is 0 Å². The van der Waals surface area contributed by atoms with E-state index in [4.69, 9.17) is 4.74 Å². The highest BCUT2D eigenvalue weighted by Crippen LogP contribution is 2.27. The Bertz CT molecular complexity index is 2990. The highest BCUT2D eigenvalue weighted by molar-refractivity contribution is 6.00. The van der Waals surface area contributed by atoms with Gasteiger partial charge >= 0.3 is 12.1 Å². The van der Waals surface area contributed by atoms with E-state index in [1.165, 1.54) is 67.8 Å². The molecule has 0 fully saturated rings. The molecule has 0 aliphatic carbocycles. The molecular formula is C75H134N12O19. The Balaban J connectivity index is 6.99. The van der Waals surface area contributed by atoms with Crippen LogP contribution in [-0.2, 0) is 67.1 Å². The summed E-state index contributed by atoms with van der Waals surface area (Å²) < 4.78 is 5.26. The minimum absolute atomic E-state index is 0.0447. The van der Waals surface area contributed by atoms with Gasteiger partial charge in [0.15, 0.2) is 5.78 Å². The molecule has 31 nitrogen and oxygen atoms in total. The topological polar surface area (TPSA) is 421 Å². The molecule has 106 heavy (non-hydrogen) atoms. The molecule has 0 bridgehead atoms. The van der Waals surface area contributed by atoms with Crippen molar-refractivity contribution in [1.82, 2.24) is 61.3 Å². The van der Waals surface area contributed by atoms with E-state index in [1.54, 1.807) is 67.5 Å². The minimum Gasteiger partial charge on any atom is -0.480 e. The zero-order valence-electron chi connectivity index (χ0n) is 68.6. The fraction of sp³-hybridized carbons (Fsp3) is 0.787. The maximum Gasteiger partial charge on any atom is 0.408 e. The second-order valence-corrected chi connectivity index (χ2v) is 32.2. The van der Waals surface area contributed by atoms with Gasteiger partial charge < -0.3 is 86.5 Å². The summed E-state index contributed by atoms with van der Waals surface area (Å²) in [5.41, 5.74) is -0.914. The average Bonchev–Trinajstić information content (AvgIpc) is 0.790. The lowest BCUT2D eigenvalue weighted by atomic mass is 9.80. The van der Waals surface area contributed by atoms with Crippen LogP contribution in [0.25, 0.3) is 0 Å². The number of likely N-dealkylation sites (N-methyl/N-ethyl adjacent to an activating group) is 6. The monoisotopic (exact) mass is 1510 g/mol. The summed E-state index contributed by atoms with van der Waals surface area (Å²) >= 11 is 0. The zero-order valence-corrected chi connectivity index (χ0v) is 68.6. The molecule has 0 saturated carbocycles. The molecule has 608 valence electrons. The van der Waals surface area contributed by atoms with Gasteiger partial charge in [-0.05, 0) is 135 Å². The third-order valence-electron chi connectivity index (χ3n) is 18.3. The number of ether oxygens (including phenoxy) is 1. The number of carbonyl (C=O) groups excluding carboxylic acids is 13. The first-order chi connectivity index (χ1) is 48.6. The van der Waals surface area contributed by atoms with Gasteiger partial charge in [0.1, 0.15) is 66.5 Å². The van der Waals surface area contributed by atoms with Crippen LogP contribution in [0.2, 0.25) is 0 Å². The van der Waals surface area contributed by atoms with Crippen molar-refractivity contribution >= 4 is 82.8 Å². The molecule has 10 N–H and O–H groups in total. The minimum atomic E-state index is -1.74. The number of carboxylic acid groups (broad SMARTS) is 1. The number of amides is 12. The number of nitrogens with one attached hydrogen (secondary N) is 6. The first kappa shape index (κ1) is 98.2. The molecular weight excluding hydrogens is 1370 g/mol. The van der Waals surface area contributed by atoms with Gasteiger partial charge in [0.2, 0.25) is 65.0 Å². The summed E-state index contributed by atoms with van der Waals surface area (Å²) in [6, 6.07) is -13.7. The van der Waals surface area contributed by atoms with E-state index in [0.29, 0.717) is 0 Å². The van der Waals surface area contributed by atoms with Crippen LogP contribution in [-0.4, -0.2) is 272 Å². The van der Waals surface area contributed by atoms with Gasteiger partial charge in [0.05, 0.1) is 30.9 Å². The smallest absolute Gasteiger partial charge is 0.408 e. The molecule has 0 aromatic carbocycles. The van der Waals surface area contributed by atoms with Crippen molar-refractivity contribution < 1.29 is 92.3 Å². The van der Waals surface area contributed by atoms with Gasteiger partial charge in [-0.15, -0.1) is 0 Å². The van der Waals surface area contributed by atoms with E-state index in [2.05, 4.69) is 31.9 Å². The molecule has 0 aliphatic rings. The number of hydrogen-bond donors (Lipinski definition) is 10. The normalized spacial score (nSPS) is 16.4. The van der Waals surface area contributed by atoms with Crippen molar-refractivity contribution in [3.63, 3.8) is 0 Å². The number of aliphatic hydroxyl groups is 3. The molecule has 0 rings (SSSR count). The summed E-state index contributed by atoms with van der Waals surface area (Å²) in [6.07, 6.45) is -1.23. The number of aliphatic hydroxyl groups excluding tert-OH is 3. The standard InChI is InChI=1S/C75H134N12O19/c1-29-30-31-45(14)62(93)61(68(99)80-58(49(18)88)71(102)83(24)38-57(91)92)87(28)73(104)60(44(12)13)86(27)70(101)53(34-41(6)7)79-67(98)55(36-43(10)11)85(26)69(100)48(17)77-64(95)47(16)76-65(96)51(32-39(2)3)46(15)63(94)52(33-40(4)5)78-66(97)54(35-42(8)9)84(25)56(90)37-82(23)72(103)59(50(19)89)81-74(105)106-75(20,21)22/h29-30,39-55,58-62,88-89,93H,31-38H2,1-28H3,(H,76,96)(H,77,95)(H,78,97)(H,79,98)(H,80,99)(H,81,105)(H,91,92)/b30-29+/t45-,46?,47+,48-,49-,50-,51+,52+,53+,54+,55+,58+,59+,60+,61+,62-/m1/s1. The molecule has 0 aromatic heterocycles. The molecule has 0 radical (unpaired) electrons. The van der Waals surface area contributed by atoms with Crippen molar-refractivity contribution in [3.05, 3.63) is 12.2 Å². The zero-order chi connectivity index (χ0) is 82.8. The van der Waals surface area contributed by atoms with E-state index >= 15 is 0 Å². The first-order valence-electron chi connectivity index (χ1n) is 37.1. The van der Waals surface area contributed by atoms with Crippen LogP contribution in [0.15, 0.2) is 12.2 Å². The Labute approximate surface area is 629 Å². The number of hydrogen-bond acceptors (Lipinski definition) is 18. The summed E-state index contributed by atoms with van der Waals surface area (Å²) in [5, 5.41) is 58.2. The van der Waals surface area contributed by atoms with Crippen LogP contribution in [0.5, 0.6) is 0 Å². The molecule has 0 spiro atoms. The first-order valence-corrected chi connectivity index (χ1v) is 37.1. The summed E-state index contributed by atoms with van der Waals surface area (Å²) in [5.74, 6) is -14.8. The van der Waals surface area contributed by atoms with Gasteiger partial charge in [-0.2, -0.15) is 0 Å². The Kier molecular flexibility index (Phi) is 41.8. The van der Waals surface area contributed by atoms with Crippen LogP contribution in [0, 0.1) is 53.3 Å². The Morgan fingerprint density at radius 2 is 0.858 bits per heavy atom. The highest BCUT2D eigenvalue weighted by atomic mass is 16.6. The van der Waals surface area contributed by atoms with Gasteiger partial charge in [-0.3, -0.25) is 62.3 Å². The van der Waals surface area contributed by atoms with Crippen molar-refractivity contribution in [2.45, 2.75) is 275 Å². The van der Waals surface area contributed by atoms with E-state index in [1.807, 2.05) is 69.2 Å². The van der Waals surface area contributed by atoms with E-state index in [0.717, 1.165) is 31.5 Å². The molecule has 16 atom stereocenters. The number of allylic oxidation sites excluding steroid dienone is 2. The van der Waals surface area contributed by atoms with E-state index in [-0.39, 0.29) is 68.1 Å². The Hall–Kier alpha value is -7.80. The predicted octanol–water partition coefficient (Wildman–Crippen LogP) is 3.09. The molecule has 0 aromatic rings. The number of rotatable bonds is 44. The fourth-order valence-corrected chi connectivity index (χ4v) is 12.3. The number of nitrogens with zero attached hydrogens (tertiary/aromatic N) is 6. The summed E-state index contributed by atoms with van der Waals surface area (Å²) in [6.45, 7) is 35.4. The number of alkyl carbamates (subject to hydrolysis) is 1. The maximum absolute atomic E-state index is 15.0. The van der Waals surface area contributed by atoms with Crippen molar-refractivity contribution in [2.24, 2.45) is 53.3 Å². The molecule has 0 aliphatic heterocycles. The number of carbonyl (C=O) groups is 14. The van der Waals surface area contributed by atoms with Gasteiger partial charge in [-0.25, -0.2) is 4.79 Å². The Morgan fingerprint density at radius 3 is 1.29 bits per heavy atom. The Morgan fingerprint density at radius 1 is 0.434 bits per heavy atom.